The summed E-state index contributed by atoms with van der Waals surface area (Å²) in [4.78, 5) is 9.10. The maximum absolute atomic E-state index is 6.29. The van der Waals surface area contributed by atoms with E-state index in [4.69, 9.17) is 9.47 Å². The summed E-state index contributed by atoms with van der Waals surface area (Å²) in [5.41, 5.74) is 2.17. The van der Waals surface area contributed by atoms with Crippen LogP contribution in [-0.2, 0) is 0 Å². The third-order valence-corrected chi connectivity index (χ3v) is 8.48. The van der Waals surface area contributed by atoms with E-state index in [-0.39, 0.29) is 0 Å². The molecule has 0 saturated heterocycles. The standard InChI is InChI=1S/C35H56N2O2/c1-4-6-8-10-12-13-15-17-30-18-20-31(21-19-30)28-39-34-23-22-32(25-29(34)3)35-36-26-33(27-37-35)38-24-16-14-11-9-7-5-2/h22-23,25-27,30-31H,4-21,24,28H2,1-3H3/t30-,31-. The van der Waals surface area contributed by atoms with Gasteiger partial charge in [-0.25, -0.2) is 9.97 Å². The van der Waals surface area contributed by atoms with Gasteiger partial charge in [-0.15, -0.1) is 0 Å². The molecule has 1 aromatic carbocycles. The van der Waals surface area contributed by atoms with Crippen molar-refractivity contribution >= 4 is 0 Å². The SMILES string of the molecule is CCCCCCCCC[C@H]1CC[C@H](COc2ccc(-c3ncc(OCCCCCCCC)cn3)cc2C)CC1. The first kappa shape index (κ1) is 31.4. The van der Waals surface area contributed by atoms with Crippen LogP contribution < -0.4 is 9.47 Å². The first-order valence-electron chi connectivity index (χ1n) is 16.4. The number of aromatic nitrogens is 2. The number of unbranched alkanes of at least 4 members (excludes halogenated alkanes) is 11. The monoisotopic (exact) mass is 536 g/mol. The van der Waals surface area contributed by atoms with Crippen LogP contribution in [0.25, 0.3) is 11.4 Å². The molecule has 0 bridgehead atoms. The lowest BCUT2D eigenvalue weighted by molar-refractivity contribution is 0.177. The van der Waals surface area contributed by atoms with Gasteiger partial charge in [-0.2, -0.15) is 0 Å². The highest BCUT2D eigenvalue weighted by Crippen LogP contribution is 2.33. The molecule has 0 unspecified atom stereocenters. The average molecular weight is 537 g/mol. The van der Waals surface area contributed by atoms with E-state index in [1.54, 1.807) is 12.4 Å². The lowest BCUT2D eigenvalue weighted by Crippen LogP contribution is -2.20. The van der Waals surface area contributed by atoms with Gasteiger partial charge in [-0.3, -0.25) is 0 Å². The molecule has 2 aromatic rings. The summed E-state index contributed by atoms with van der Waals surface area (Å²) in [5, 5.41) is 0. The van der Waals surface area contributed by atoms with Crippen molar-refractivity contribution < 1.29 is 9.47 Å². The molecule has 1 fully saturated rings. The van der Waals surface area contributed by atoms with E-state index in [0.717, 1.165) is 54.0 Å². The number of aryl methyl sites for hydroxylation is 1. The van der Waals surface area contributed by atoms with E-state index < -0.39 is 0 Å². The summed E-state index contributed by atoms with van der Waals surface area (Å²) < 4.78 is 12.1. The van der Waals surface area contributed by atoms with Crippen LogP contribution in [0.15, 0.2) is 30.6 Å². The second-order valence-corrected chi connectivity index (χ2v) is 11.9. The van der Waals surface area contributed by atoms with Crippen LogP contribution in [0.2, 0.25) is 0 Å². The second kappa shape index (κ2) is 19.1. The maximum Gasteiger partial charge on any atom is 0.159 e. The fourth-order valence-corrected chi connectivity index (χ4v) is 5.85. The molecule has 3 rings (SSSR count). The van der Waals surface area contributed by atoms with Crippen molar-refractivity contribution in [2.45, 2.75) is 136 Å². The summed E-state index contributed by atoms with van der Waals surface area (Å²) in [5.74, 6) is 4.12. The molecule has 4 heteroatoms. The molecule has 0 spiro atoms. The van der Waals surface area contributed by atoms with E-state index in [0.29, 0.717) is 5.92 Å². The predicted octanol–water partition coefficient (Wildman–Crippen LogP) is 10.5. The van der Waals surface area contributed by atoms with Gasteiger partial charge in [0.15, 0.2) is 11.6 Å². The highest BCUT2D eigenvalue weighted by molar-refractivity contribution is 5.58. The van der Waals surface area contributed by atoms with Crippen LogP contribution in [0.4, 0.5) is 0 Å². The molecule has 0 aliphatic heterocycles. The Labute approximate surface area is 239 Å². The van der Waals surface area contributed by atoms with Gasteiger partial charge in [0.05, 0.1) is 25.6 Å². The lowest BCUT2D eigenvalue weighted by atomic mass is 9.80. The fourth-order valence-electron chi connectivity index (χ4n) is 5.85. The molecule has 39 heavy (non-hydrogen) atoms. The van der Waals surface area contributed by atoms with Crippen molar-refractivity contribution in [3.63, 3.8) is 0 Å². The Morgan fingerprint density at radius 3 is 1.92 bits per heavy atom. The van der Waals surface area contributed by atoms with Crippen LogP contribution in [-0.4, -0.2) is 23.2 Å². The van der Waals surface area contributed by atoms with Gasteiger partial charge in [0, 0.05) is 5.56 Å². The first-order chi connectivity index (χ1) is 19.2. The van der Waals surface area contributed by atoms with Crippen LogP contribution in [0.3, 0.4) is 0 Å². The summed E-state index contributed by atoms with van der Waals surface area (Å²) >= 11 is 0. The van der Waals surface area contributed by atoms with Gasteiger partial charge in [-0.05, 0) is 61.8 Å². The molecule has 0 N–H and O–H groups in total. The first-order valence-corrected chi connectivity index (χ1v) is 16.4. The highest BCUT2D eigenvalue weighted by atomic mass is 16.5. The molecular formula is C35H56N2O2. The van der Waals surface area contributed by atoms with Gasteiger partial charge >= 0.3 is 0 Å². The van der Waals surface area contributed by atoms with E-state index in [1.165, 1.54) is 109 Å². The highest BCUT2D eigenvalue weighted by Gasteiger charge is 2.21. The maximum atomic E-state index is 6.29. The van der Waals surface area contributed by atoms with E-state index in [9.17, 15) is 0 Å². The van der Waals surface area contributed by atoms with Crippen molar-refractivity contribution in [3.8, 4) is 22.9 Å². The van der Waals surface area contributed by atoms with Crippen molar-refractivity contribution in [1.82, 2.24) is 9.97 Å². The number of hydrogen-bond acceptors (Lipinski definition) is 4. The third kappa shape index (κ3) is 12.3. The van der Waals surface area contributed by atoms with Gasteiger partial charge in [0.1, 0.15) is 5.75 Å². The van der Waals surface area contributed by atoms with E-state index in [1.807, 2.05) is 0 Å². The van der Waals surface area contributed by atoms with Gasteiger partial charge in [-0.1, -0.05) is 110 Å². The van der Waals surface area contributed by atoms with Gasteiger partial charge < -0.3 is 9.47 Å². The Bertz CT molecular complexity index is 890. The Morgan fingerprint density at radius 1 is 0.692 bits per heavy atom. The minimum absolute atomic E-state index is 0.696. The third-order valence-electron chi connectivity index (χ3n) is 8.48. The fraction of sp³-hybridized carbons (Fsp3) is 0.714. The van der Waals surface area contributed by atoms with Crippen LogP contribution >= 0.6 is 0 Å². The smallest absolute Gasteiger partial charge is 0.159 e. The molecule has 0 atom stereocenters. The number of ether oxygens (including phenoxy) is 2. The molecule has 1 aliphatic carbocycles. The summed E-state index contributed by atoms with van der Waals surface area (Å²) in [6.07, 6.45) is 27.9. The molecule has 1 saturated carbocycles. The van der Waals surface area contributed by atoms with Crippen molar-refractivity contribution in [3.05, 3.63) is 36.2 Å². The van der Waals surface area contributed by atoms with Gasteiger partial charge in [0.25, 0.3) is 0 Å². The van der Waals surface area contributed by atoms with Crippen LogP contribution in [0.5, 0.6) is 11.5 Å². The lowest BCUT2D eigenvalue weighted by Gasteiger charge is -2.28. The van der Waals surface area contributed by atoms with Crippen LogP contribution in [0.1, 0.15) is 135 Å². The second-order valence-electron chi connectivity index (χ2n) is 11.9. The predicted molar refractivity (Wildman–Crippen MR) is 165 cm³/mol. The van der Waals surface area contributed by atoms with E-state index in [2.05, 4.69) is 48.9 Å². The minimum Gasteiger partial charge on any atom is -0.493 e. The van der Waals surface area contributed by atoms with Crippen molar-refractivity contribution in [2.75, 3.05) is 13.2 Å². The summed E-state index contributed by atoms with van der Waals surface area (Å²) in [6, 6.07) is 6.30. The Hall–Kier alpha value is -2.10. The zero-order valence-corrected chi connectivity index (χ0v) is 25.4. The van der Waals surface area contributed by atoms with Crippen molar-refractivity contribution in [1.29, 1.82) is 0 Å². The topological polar surface area (TPSA) is 44.2 Å². The number of nitrogens with zero attached hydrogens (tertiary/aromatic N) is 2. The Morgan fingerprint density at radius 2 is 1.28 bits per heavy atom. The van der Waals surface area contributed by atoms with E-state index >= 15 is 0 Å². The largest absolute Gasteiger partial charge is 0.493 e. The zero-order chi connectivity index (χ0) is 27.5. The molecule has 1 heterocycles. The van der Waals surface area contributed by atoms with Gasteiger partial charge in [0.2, 0.25) is 0 Å². The number of hydrogen-bond donors (Lipinski definition) is 0. The molecule has 1 aliphatic rings. The number of rotatable bonds is 20. The molecule has 0 radical (unpaired) electrons. The molecule has 0 amide bonds. The molecular weight excluding hydrogens is 480 g/mol. The normalized spacial score (nSPS) is 17.3. The zero-order valence-electron chi connectivity index (χ0n) is 25.4. The molecule has 1 aromatic heterocycles. The van der Waals surface area contributed by atoms with Crippen molar-refractivity contribution in [2.24, 2.45) is 11.8 Å². The minimum atomic E-state index is 0.696. The molecule has 218 valence electrons. The Kier molecular flexibility index (Phi) is 15.4. The average Bonchev–Trinajstić information content (AvgIpc) is 2.96. The summed E-state index contributed by atoms with van der Waals surface area (Å²) in [7, 11) is 0. The summed E-state index contributed by atoms with van der Waals surface area (Å²) in [6.45, 7) is 8.24. The quantitative estimate of drug-likeness (QED) is 0.158. The molecule has 4 nitrogen and oxygen atoms in total. The Balaban J connectivity index is 1.32. The van der Waals surface area contributed by atoms with Crippen LogP contribution in [0, 0.1) is 18.8 Å². The number of benzene rings is 1.